The number of anilines is 1. The molecule has 2 atom stereocenters. The Morgan fingerprint density at radius 1 is 1.22 bits per heavy atom. The predicted molar refractivity (Wildman–Crippen MR) is 120 cm³/mol. The van der Waals surface area contributed by atoms with Crippen LogP contribution in [-0.2, 0) is 13.2 Å². The lowest BCUT2D eigenvalue weighted by molar-refractivity contribution is -0.141. The zero-order valence-electron chi connectivity index (χ0n) is 19.7. The van der Waals surface area contributed by atoms with Crippen molar-refractivity contribution in [2.24, 2.45) is 13.0 Å². The highest BCUT2D eigenvalue weighted by molar-refractivity contribution is 5.98. The molecule has 8 nitrogen and oxygen atoms in total. The Bertz CT molecular complexity index is 1240. The molecule has 36 heavy (non-hydrogen) atoms. The van der Waals surface area contributed by atoms with Crippen LogP contribution in [0.3, 0.4) is 0 Å². The fourth-order valence-electron chi connectivity index (χ4n) is 4.32. The number of pyridine rings is 1. The fourth-order valence-corrected chi connectivity index (χ4v) is 4.32. The van der Waals surface area contributed by atoms with Crippen molar-refractivity contribution in [1.82, 2.24) is 29.6 Å². The van der Waals surface area contributed by atoms with Gasteiger partial charge in [0.05, 0.1) is 36.2 Å². The third kappa shape index (κ3) is 5.44. The summed E-state index contributed by atoms with van der Waals surface area (Å²) >= 11 is 0. The molecule has 0 radical (unpaired) electrons. The van der Waals surface area contributed by atoms with Crippen LogP contribution in [-0.4, -0.2) is 60.6 Å². The molecule has 1 N–H and O–H groups in total. The van der Waals surface area contributed by atoms with Crippen LogP contribution in [0.1, 0.15) is 35.2 Å². The first-order valence-electron chi connectivity index (χ1n) is 11.1. The molecule has 3 aromatic heterocycles. The minimum Gasteiger partial charge on any atom is -0.367 e. The topological polar surface area (TPSA) is 88.8 Å². The second-order valence-electron chi connectivity index (χ2n) is 8.93. The molecular formula is C23H24F5N7O. The van der Waals surface area contributed by atoms with E-state index in [1.807, 2.05) is 0 Å². The predicted octanol–water partition coefficient (Wildman–Crippen LogP) is 4.20. The van der Waals surface area contributed by atoms with E-state index in [4.69, 9.17) is 0 Å². The van der Waals surface area contributed by atoms with Crippen molar-refractivity contribution >= 4 is 11.7 Å². The number of hydrogen-bond donors (Lipinski definition) is 1. The van der Waals surface area contributed by atoms with Crippen molar-refractivity contribution in [1.29, 1.82) is 0 Å². The summed E-state index contributed by atoms with van der Waals surface area (Å²) in [6.07, 6.45) is -1.98. The lowest BCUT2D eigenvalue weighted by Crippen LogP contribution is -2.57. The van der Waals surface area contributed by atoms with Gasteiger partial charge in [0.2, 0.25) is 0 Å². The lowest BCUT2D eigenvalue weighted by atomic mass is 9.88. The van der Waals surface area contributed by atoms with Crippen molar-refractivity contribution in [2.75, 3.05) is 18.4 Å². The molecule has 1 unspecified atom stereocenters. The Morgan fingerprint density at radius 2 is 1.97 bits per heavy atom. The lowest BCUT2D eigenvalue weighted by Gasteiger charge is -2.43. The number of alkyl halides is 5. The minimum atomic E-state index is -4.63. The molecule has 1 aliphatic rings. The average Bonchev–Trinajstić information content (AvgIpc) is 3.18. The van der Waals surface area contributed by atoms with E-state index in [2.05, 4.69) is 25.4 Å². The molecule has 1 fully saturated rings. The van der Waals surface area contributed by atoms with Crippen molar-refractivity contribution in [2.45, 2.75) is 38.4 Å². The number of aromatic nitrogens is 5. The first-order valence-corrected chi connectivity index (χ1v) is 11.1. The van der Waals surface area contributed by atoms with Crippen molar-refractivity contribution < 1.29 is 26.7 Å². The Morgan fingerprint density at radius 3 is 2.61 bits per heavy atom. The summed E-state index contributed by atoms with van der Waals surface area (Å²) in [5.74, 6) is -4.40. The molecule has 13 heteroatoms. The summed E-state index contributed by atoms with van der Waals surface area (Å²) in [5, 5.41) is 7.07. The first-order chi connectivity index (χ1) is 16.8. The van der Waals surface area contributed by atoms with Gasteiger partial charge in [-0.3, -0.25) is 14.5 Å². The number of halogens is 5. The second kappa shape index (κ2) is 9.43. The van der Waals surface area contributed by atoms with Crippen LogP contribution in [0, 0.1) is 12.8 Å². The van der Waals surface area contributed by atoms with Gasteiger partial charge in [-0.2, -0.15) is 18.3 Å². The van der Waals surface area contributed by atoms with E-state index in [0.29, 0.717) is 23.1 Å². The maximum Gasteiger partial charge on any atom is 0.434 e. The number of nitrogens with one attached hydrogen (secondary N) is 1. The average molecular weight is 509 g/mol. The monoisotopic (exact) mass is 509 g/mol. The molecular weight excluding hydrogens is 485 g/mol. The van der Waals surface area contributed by atoms with E-state index >= 15 is 0 Å². The van der Waals surface area contributed by atoms with Crippen molar-refractivity contribution in [3.05, 3.63) is 53.9 Å². The van der Waals surface area contributed by atoms with Crippen LogP contribution in [0.15, 0.2) is 36.8 Å². The number of aryl methyl sites for hydroxylation is 2. The standard InChI is InChI=1S/C23H24F5N7O/c1-13-7-22(24,25)12-35(17(13)8-30-19-10-29-18(9-31-19)23(26,27)28)21(36)20-15(11-34(3)33-20)16-6-4-5-14(2)32-16/h4-6,9-11,13,17H,7-8,12H2,1-3H3,(H,30,31)/t13-,17?/m1/s1. The van der Waals surface area contributed by atoms with Crippen LogP contribution in [0.2, 0.25) is 0 Å². The van der Waals surface area contributed by atoms with Gasteiger partial charge in [0.1, 0.15) is 5.82 Å². The van der Waals surface area contributed by atoms with Crippen LogP contribution >= 0.6 is 0 Å². The molecule has 3 aromatic rings. The van der Waals surface area contributed by atoms with E-state index in [9.17, 15) is 26.7 Å². The van der Waals surface area contributed by atoms with Gasteiger partial charge < -0.3 is 10.2 Å². The fraction of sp³-hybridized carbons (Fsp3) is 0.435. The Kier molecular flexibility index (Phi) is 6.67. The third-order valence-corrected chi connectivity index (χ3v) is 5.97. The molecule has 0 aromatic carbocycles. The molecule has 4 rings (SSSR count). The minimum absolute atomic E-state index is 0.0141. The maximum atomic E-state index is 14.6. The van der Waals surface area contributed by atoms with Gasteiger partial charge in [-0.15, -0.1) is 0 Å². The van der Waals surface area contributed by atoms with Gasteiger partial charge in [0.15, 0.2) is 11.4 Å². The summed E-state index contributed by atoms with van der Waals surface area (Å²) in [6, 6.07) is 4.56. The molecule has 192 valence electrons. The molecule has 4 heterocycles. The number of piperidine rings is 1. The van der Waals surface area contributed by atoms with Crippen LogP contribution in [0.25, 0.3) is 11.3 Å². The van der Waals surface area contributed by atoms with Gasteiger partial charge in [0.25, 0.3) is 11.8 Å². The summed E-state index contributed by atoms with van der Waals surface area (Å²) in [6.45, 7) is 2.55. The third-order valence-electron chi connectivity index (χ3n) is 5.97. The summed E-state index contributed by atoms with van der Waals surface area (Å²) in [5.41, 5.74) is 0.446. The molecule has 0 bridgehead atoms. The number of carbonyl (C=O) groups excluding carboxylic acids is 1. The number of likely N-dealkylation sites (tertiary alicyclic amines) is 1. The van der Waals surface area contributed by atoms with Crippen LogP contribution in [0.5, 0.6) is 0 Å². The quantitative estimate of drug-likeness (QED) is 0.519. The van der Waals surface area contributed by atoms with Gasteiger partial charge in [-0.1, -0.05) is 13.0 Å². The SMILES string of the molecule is Cc1cccc(-c2cn(C)nc2C(=O)N2CC(F)(F)C[C@@H](C)C2CNc2cnc(C(F)(F)F)cn2)n1. The zero-order chi connectivity index (χ0) is 26.3. The van der Waals surface area contributed by atoms with E-state index in [0.717, 1.165) is 11.1 Å². The molecule has 1 saturated heterocycles. The highest BCUT2D eigenvalue weighted by Gasteiger charge is 2.47. The van der Waals surface area contributed by atoms with Gasteiger partial charge >= 0.3 is 6.18 Å². The van der Waals surface area contributed by atoms with Gasteiger partial charge in [0, 0.05) is 31.9 Å². The zero-order valence-corrected chi connectivity index (χ0v) is 19.7. The van der Waals surface area contributed by atoms with E-state index in [1.165, 1.54) is 4.68 Å². The number of amides is 1. The summed E-state index contributed by atoms with van der Waals surface area (Å²) < 4.78 is 68.8. The van der Waals surface area contributed by atoms with E-state index < -0.39 is 48.6 Å². The first kappa shape index (κ1) is 25.5. The van der Waals surface area contributed by atoms with E-state index in [-0.39, 0.29) is 18.1 Å². The van der Waals surface area contributed by atoms with Crippen LogP contribution < -0.4 is 5.32 Å². The highest BCUT2D eigenvalue weighted by Crippen LogP contribution is 2.36. The molecule has 0 aliphatic carbocycles. The maximum absolute atomic E-state index is 14.6. The molecule has 0 spiro atoms. The van der Waals surface area contributed by atoms with Gasteiger partial charge in [-0.05, 0) is 25.0 Å². The normalized spacial score (nSPS) is 19.8. The molecule has 1 amide bonds. The van der Waals surface area contributed by atoms with Crippen LogP contribution in [0.4, 0.5) is 27.8 Å². The Hall–Kier alpha value is -3.64. The van der Waals surface area contributed by atoms with Crippen molar-refractivity contribution in [3.8, 4) is 11.3 Å². The number of rotatable bonds is 5. The summed E-state index contributed by atoms with van der Waals surface area (Å²) in [4.78, 5) is 26.2. The summed E-state index contributed by atoms with van der Waals surface area (Å²) in [7, 11) is 1.62. The smallest absolute Gasteiger partial charge is 0.367 e. The Labute approximate surface area is 203 Å². The number of carbonyl (C=O) groups is 1. The number of nitrogens with zero attached hydrogens (tertiary/aromatic N) is 6. The second-order valence-corrected chi connectivity index (χ2v) is 8.93. The Balaban J connectivity index is 1.61. The van der Waals surface area contributed by atoms with Gasteiger partial charge in [-0.25, -0.2) is 18.7 Å². The number of hydrogen-bond acceptors (Lipinski definition) is 6. The largest absolute Gasteiger partial charge is 0.434 e. The molecule has 0 saturated carbocycles. The molecule has 1 aliphatic heterocycles. The van der Waals surface area contributed by atoms with Crippen molar-refractivity contribution in [3.63, 3.8) is 0 Å². The highest BCUT2D eigenvalue weighted by atomic mass is 19.4. The van der Waals surface area contributed by atoms with E-state index in [1.54, 1.807) is 45.3 Å².